The number of benzene rings is 1. The lowest BCUT2D eigenvalue weighted by Gasteiger charge is -2.15. The fraction of sp³-hybridized carbons (Fsp3) is 0.111. The number of anilines is 1. The molecule has 0 aliphatic carbocycles. The molecule has 0 aliphatic heterocycles. The van der Waals surface area contributed by atoms with Crippen LogP contribution in [0.3, 0.4) is 0 Å². The summed E-state index contributed by atoms with van der Waals surface area (Å²) >= 11 is 0. The first-order valence-electron chi connectivity index (χ1n) is 8.16. The number of halogens is 5. The number of rotatable bonds is 2. The van der Waals surface area contributed by atoms with Crippen LogP contribution in [0, 0.1) is 18.6 Å². The molecule has 0 unspecified atom stereocenters. The molecule has 4 rings (SSSR count). The highest BCUT2D eigenvalue weighted by Crippen LogP contribution is 2.38. The number of aromatic nitrogens is 5. The van der Waals surface area contributed by atoms with Crippen molar-refractivity contribution in [3.63, 3.8) is 0 Å². The number of nitrogens with zero attached hydrogens (tertiary/aromatic N) is 5. The highest BCUT2D eigenvalue weighted by atomic mass is 19.4. The number of fused-ring (bicyclic) bond motifs is 1. The number of hydrogen-bond donors (Lipinski definition) is 1. The molecule has 29 heavy (non-hydrogen) atoms. The van der Waals surface area contributed by atoms with E-state index in [-0.39, 0.29) is 39.7 Å². The number of nitrogens with two attached hydrogens (primary N) is 1. The van der Waals surface area contributed by atoms with Crippen LogP contribution >= 0.6 is 0 Å². The Morgan fingerprint density at radius 2 is 1.79 bits per heavy atom. The first kappa shape index (κ1) is 18.7. The number of hydrogen-bond acceptors (Lipinski definition) is 5. The summed E-state index contributed by atoms with van der Waals surface area (Å²) in [7, 11) is 0. The van der Waals surface area contributed by atoms with Crippen molar-refractivity contribution in [3.05, 3.63) is 59.7 Å². The Morgan fingerprint density at radius 1 is 1.03 bits per heavy atom. The molecule has 148 valence electrons. The summed E-state index contributed by atoms with van der Waals surface area (Å²) in [4.78, 5) is 11.7. The molecule has 6 nitrogen and oxygen atoms in total. The SMILES string of the molecule is Cc1cc(-c2c(-c3ccc(F)cc3F)nc(N)n3ncnc23)cc(C(F)(F)F)n1. The standard InChI is InChI=1S/C18H11F5N6/c1-8-4-9(5-13(27-8)18(21,22)23)14-15(11-3-2-10(19)6-12(11)20)28-17(24)29-16(14)25-7-26-29/h2-7H,1H3,(H2,24,28). The van der Waals surface area contributed by atoms with Gasteiger partial charge in [-0.15, -0.1) is 0 Å². The maximum Gasteiger partial charge on any atom is 0.433 e. The molecule has 3 heterocycles. The van der Waals surface area contributed by atoms with Crippen LogP contribution in [0.4, 0.5) is 27.9 Å². The molecule has 0 amide bonds. The molecule has 0 bridgehead atoms. The zero-order valence-corrected chi connectivity index (χ0v) is 14.7. The molecule has 0 aliphatic rings. The van der Waals surface area contributed by atoms with Gasteiger partial charge in [-0.1, -0.05) is 0 Å². The fourth-order valence-corrected chi connectivity index (χ4v) is 3.00. The van der Waals surface area contributed by atoms with Gasteiger partial charge >= 0.3 is 6.18 Å². The zero-order valence-electron chi connectivity index (χ0n) is 14.7. The van der Waals surface area contributed by atoms with Crippen LogP contribution in [0.1, 0.15) is 11.4 Å². The van der Waals surface area contributed by atoms with Crippen molar-refractivity contribution in [1.82, 2.24) is 24.6 Å². The first-order chi connectivity index (χ1) is 13.6. The van der Waals surface area contributed by atoms with Gasteiger partial charge in [-0.25, -0.2) is 23.7 Å². The summed E-state index contributed by atoms with van der Waals surface area (Å²) in [5.74, 6) is -1.94. The monoisotopic (exact) mass is 406 g/mol. The second-order valence-corrected chi connectivity index (χ2v) is 6.19. The molecule has 0 fully saturated rings. The lowest BCUT2D eigenvalue weighted by atomic mass is 9.99. The third-order valence-corrected chi connectivity index (χ3v) is 4.17. The van der Waals surface area contributed by atoms with Gasteiger partial charge in [-0.3, -0.25) is 0 Å². The Labute approximate surface area is 159 Å². The van der Waals surface area contributed by atoms with Crippen molar-refractivity contribution in [1.29, 1.82) is 0 Å². The Kier molecular flexibility index (Phi) is 4.17. The van der Waals surface area contributed by atoms with Gasteiger partial charge in [-0.2, -0.15) is 22.8 Å². The summed E-state index contributed by atoms with van der Waals surface area (Å²) < 4.78 is 68.8. The normalized spacial score (nSPS) is 11.9. The van der Waals surface area contributed by atoms with E-state index in [0.29, 0.717) is 6.07 Å². The van der Waals surface area contributed by atoms with E-state index in [0.717, 1.165) is 29.0 Å². The van der Waals surface area contributed by atoms with E-state index in [2.05, 4.69) is 20.1 Å². The minimum Gasteiger partial charge on any atom is -0.368 e. The van der Waals surface area contributed by atoms with Crippen LogP contribution < -0.4 is 5.73 Å². The first-order valence-corrected chi connectivity index (χ1v) is 8.16. The third kappa shape index (κ3) is 3.24. The van der Waals surface area contributed by atoms with E-state index in [9.17, 15) is 22.0 Å². The predicted octanol–water partition coefficient (Wildman–Crippen LogP) is 4.04. The second-order valence-electron chi connectivity index (χ2n) is 6.19. The largest absolute Gasteiger partial charge is 0.433 e. The van der Waals surface area contributed by atoms with Gasteiger partial charge in [0, 0.05) is 17.3 Å². The predicted molar refractivity (Wildman–Crippen MR) is 93.5 cm³/mol. The van der Waals surface area contributed by atoms with Gasteiger partial charge < -0.3 is 5.73 Å². The number of nitrogen functional groups attached to an aromatic ring is 1. The maximum atomic E-state index is 14.5. The van der Waals surface area contributed by atoms with Crippen LogP contribution in [0.5, 0.6) is 0 Å². The Bertz CT molecular complexity index is 1250. The van der Waals surface area contributed by atoms with E-state index in [1.165, 1.54) is 13.0 Å². The molecule has 0 saturated carbocycles. The summed E-state index contributed by atoms with van der Waals surface area (Å²) in [5, 5.41) is 3.90. The average molecular weight is 406 g/mol. The molecule has 0 radical (unpaired) electrons. The van der Waals surface area contributed by atoms with Crippen LogP contribution in [0.2, 0.25) is 0 Å². The highest BCUT2D eigenvalue weighted by molar-refractivity contribution is 5.90. The molecule has 3 aromatic heterocycles. The molecule has 0 atom stereocenters. The van der Waals surface area contributed by atoms with Crippen molar-refractivity contribution in [3.8, 4) is 22.4 Å². The fourth-order valence-electron chi connectivity index (χ4n) is 3.00. The van der Waals surface area contributed by atoms with Gasteiger partial charge in [0.2, 0.25) is 5.95 Å². The Hall–Kier alpha value is -3.63. The highest BCUT2D eigenvalue weighted by Gasteiger charge is 2.33. The van der Waals surface area contributed by atoms with Gasteiger partial charge in [0.15, 0.2) is 5.65 Å². The molecule has 0 saturated heterocycles. The Balaban J connectivity index is 2.10. The van der Waals surface area contributed by atoms with E-state index in [1.54, 1.807) is 0 Å². The summed E-state index contributed by atoms with van der Waals surface area (Å²) in [5.41, 5.74) is 4.71. The summed E-state index contributed by atoms with van der Waals surface area (Å²) in [6.07, 6.45) is -3.56. The average Bonchev–Trinajstić information content (AvgIpc) is 3.10. The third-order valence-electron chi connectivity index (χ3n) is 4.17. The Morgan fingerprint density at radius 3 is 2.48 bits per heavy atom. The lowest BCUT2D eigenvalue weighted by molar-refractivity contribution is -0.141. The smallest absolute Gasteiger partial charge is 0.368 e. The van der Waals surface area contributed by atoms with Crippen molar-refractivity contribution in [2.24, 2.45) is 0 Å². The van der Waals surface area contributed by atoms with Crippen molar-refractivity contribution in [2.45, 2.75) is 13.1 Å². The summed E-state index contributed by atoms with van der Waals surface area (Å²) in [6, 6.07) is 4.96. The molecule has 11 heteroatoms. The van der Waals surface area contributed by atoms with E-state index < -0.39 is 23.5 Å². The van der Waals surface area contributed by atoms with Gasteiger partial charge in [-0.05, 0) is 36.8 Å². The quantitative estimate of drug-likeness (QED) is 0.508. The molecule has 2 N–H and O–H groups in total. The van der Waals surface area contributed by atoms with Crippen LogP contribution in [0.15, 0.2) is 36.7 Å². The number of pyridine rings is 1. The van der Waals surface area contributed by atoms with Crippen molar-refractivity contribution in [2.75, 3.05) is 5.73 Å². The van der Waals surface area contributed by atoms with Gasteiger partial charge in [0.05, 0.1) is 11.3 Å². The van der Waals surface area contributed by atoms with E-state index >= 15 is 0 Å². The number of aryl methyl sites for hydroxylation is 1. The van der Waals surface area contributed by atoms with Crippen molar-refractivity contribution >= 4 is 11.6 Å². The number of alkyl halides is 3. The summed E-state index contributed by atoms with van der Waals surface area (Å²) in [6.45, 7) is 1.39. The second kappa shape index (κ2) is 6.47. The molecule has 4 aromatic rings. The van der Waals surface area contributed by atoms with Crippen LogP contribution in [0.25, 0.3) is 28.0 Å². The molecular formula is C18H11F5N6. The zero-order chi connectivity index (χ0) is 20.9. The molecular weight excluding hydrogens is 395 g/mol. The minimum atomic E-state index is -4.70. The van der Waals surface area contributed by atoms with Crippen LogP contribution in [-0.4, -0.2) is 24.6 Å². The maximum absolute atomic E-state index is 14.5. The van der Waals surface area contributed by atoms with E-state index in [4.69, 9.17) is 5.73 Å². The van der Waals surface area contributed by atoms with Crippen LogP contribution in [-0.2, 0) is 6.18 Å². The minimum absolute atomic E-state index is 0.0362. The van der Waals surface area contributed by atoms with Gasteiger partial charge in [0.25, 0.3) is 0 Å². The lowest BCUT2D eigenvalue weighted by Crippen LogP contribution is -2.10. The van der Waals surface area contributed by atoms with Crippen molar-refractivity contribution < 1.29 is 22.0 Å². The molecule has 0 spiro atoms. The van der Waals surface area contributed by atoms with Gasteiger partial charge in [0.1, 0.15) is 23.7 Å². The molecule has 1 aromatic carbocycles. The topological polar surface area (TPSA) is 82.0 Å². The van der Waals surface area contributed by atoms with E-state index in [1.807, 2.05) is 0 Å².